The molecule has 0 aliphatic heterocycles. The number of carbonyl (C=O) groups excluding carboxylic acids is 1. The lowest BCUT2D eigenvalue weighted by molar-refractivity contribution is -0.129. The number of hydrogen-bond donors (Lipinski definition) is 0. The molecule has 72 valence electrons. The van der Waals surface area contributed by atoms with E-state index in [1.807, 2.05) is 6.92 Å². The Bertz CT molecular complexity index is 139. The van der Waals surface area contributed by atoms with Gasteiger partial charge in [-0.1, -0.05) is 36.5 Å². The van der Waals surface area contributed by atoms with Crippen molar-refractivity contribution in [3.8, 4) is 0 Å². The highest BCUT2D eigenvalue weighted by molar-refractivity contribution is 6.53. The van der Waals surface area contributed by atoms with E-state index < -0.39 is 4.84 Å². The monoisotopic (exact) mass is 211 g/mol. The van der Waals surface area contributed by atoms with Crippen molar-refractivity contribution in [3.05, 3.63) is 0 Å². The molecule has 1 amide bonds. The first-order chi connectivity index (χ1) is 5.63. The van der Waals surface area contributed by atoms with Gasteiger partial charge in [0.1, 0.15) is 0 Å². The molecule has 0 aromatic rings. The maximum atomic E-state index is 11.2. The van der Waals surface area contributed by atoms with Gasteiger partial charge in [-0.15, -0.1) is 0 Å². The van der Waals surface area contributed by atoms with Gasteiger partial charge in [-0.2, -0.15) is 0 Å². The predicted molar refractivity (Wildman–Crippen MR) is 52.7 cm³/mol. The standard InChI is InChI=1S/C8H15Cl2NO/c1-3-5-6-11(4-2)8(12)7(9)10/h7H,3-6H2,1-2H3. The molecule has 0 fully saturated rings. The third-order valence-electron chi connectivity index (χ3n) is 1.66. The SMILES string of the molecule is CCCCN(CC)C(=O)C(Cl)Cl. The summed E-state index contributed by atoms with van der Waals surface area (Å²) in [7, 11) is 0. The Morgan fingerprint density at radius 3 is 2.33 bits per heavy atom. The first kappa shape index (κ1) is 12.0. The van der Waals surface area contributed by atoms with E-state index in [9.17, 15) is 4.79 Å². The van der Waals surface area contributed by atoms with E-state index in [1.54, 1.807) is 4.90 Å². The molecular formula is C8H15Cl2NO. The van der Waals surface area contributed by atoms with Crippen LogP contribution >= 0.6 is 23.2 Å². The number of nitrogens with zero attached hydrogens (tertiary/aromatic N) is 1. The van der Waals surface area contributed by atoms with Gasteiger partial charge < -0.3 is 4.90 Å². The Morgan fingerprint density at radius 2 is 2.00 bits per heavy atom. The molecule has 2 nitrogen and oxygen atoms in total. The molecule has 0 unspecified atom stereocenters. The molecule has 0 heterocycles. The van der Waals surface area contributed by atoms with E-state index in [0.717, 1.165) is 19.4 Å². The maximum absolute atomic E-state index is 11.2. The van der Waals surface area contributed by atoms with Crippen LogP contribution in [0.3, 0.4) is 0 Å². The molecule has 0 aliphatic rings. The third kappa shape index (κ3) is 4.17. The zero-order valence-corrected chi connectivity index (χ0v) is 9.03. The second-order valence-electron chi connectivity index (χ2n) is 2.57. The second-order valence-corrected chi connectivity index (χ2v) is 3.67. The van der Waals surface area contributed by atoms with Crippen molar-refractivity contribution < 1.29 is 4.79 Å². The summed E-state index contributed by atoms with van der Waals surface area (Å²) in [4.78, 5) is 12.0. The van der Waals surface area contributed by atoms with Crippen LogP contribution < -0.4 is 0 Å². The summed E-state index contributed by atoms with van der Waals surface area (Å²) < 4.78 is 0. The molecule has 0 saturated carbocycles. The van der Waals surface area contributed by atoms with Crippen molar-refractivity contribution in [1.29, 1.82) is 0 Å². The molecule has 0 radical (unpaired) electrons. The van der Waals surface area contributed by atoms with Crippen molar-refractivity contribution in [2.24, 2.45) is 0 Å². The van der Waals surface area contributed by atoms with Crippen molar-refractivity contribution in [3.63, 3.8) is 0 Å². The molecular weight excluding hydrogens is 197 g/mol. The molecule has 4 heteroatoms. The Morgan fingerprint density at radius 1 is 1.42 bits per heavy atom. The number of rotatable bonds is 5. The van der Waals surface area contributed by atoms with Crippen LogP contribution in [0.15, 0.2) is 0 Å². The van der Waals surface area contributed by atoms with Crippen LogP contribution in [0.1, 0.15) is 26.7 Å². The average Bonchev–Trinajstić information content (AvgIpc) is 2.05. The average molecular weight is 212 g/mol. The molecule has 0 rings (SSSR count). The zero-order valence-electron chi connectivity index (χ0n) is 7.52. The Hall–Kier alpha value is 0.0500. The van der Waals surface area contributed by atoms with Crippen molar-refractivity contribution in [2.75, 3.05) is 13.1 Å². The number of alkyl halides is 2. The number of amides is 1. The van der Waals surface area contributed by atoms with Gasteiger partial charge in [0.15, 0.2) is 4.84 Å². The lowest BCUT2D eigenvalue weighted by Crippen LogP contribution is -2.35. The number of hydrogen-bond acceptors (Lipinski definition) is 1. The van der Waals surface area contributed by atoms with Crippen LogP contribution in [-0.4, -0.2) is 28.7 Å². The summed E-state index contributed by atoms with van der Waals surface area (Å²) >= 11 is 10.9. The first-order valence-electron chi connectivity index (χ1n) is 4.20. The normalized spacial score (nSPS) is 10.4. The van der Waals surface area contributed by atoms with E-state index in [1.165, 1.54) is 0 Å². The maximum Gasteiger partial charge on any atom is 0.255 e. The van der Waals surface area contributed by atoms with Gasteiger partial charge >= 0.3 is 0 Å². The summed E-state index contributed by atoms with van der Waals surface area (Å²) in [6.07, 6.45) is 2.07. The topological polar surface area (TPSA) is 20.3 Å². The van der Waals surface area contributed by atoms with Gasteiger partial charge in [0.25, 0.3) is 5.91 Å². The minimum absolute atomic E-state index is 0.186. The van der Waals surface area contributed by atoms with Crippen LogP contribution in [0.25, 0.3) is 0 Å². The fourth-order valence-corrected chi connectivity index (χ4v) is 1.19. The molecule has 0 atom stereocenters. The first-order valence-corrected chi connectivity index (χ1v) is 5.07. The highest BCUT2D eigenvalue weighted by Gasteiger charge is 2.17. The van der Waals surface area contributed by atoms with Crippen LogP contribution in [0, 0.1) is 0 Å². The number of carbonyl (C=O) groups is 1. The third-order valence-corrected chi connectivity index (χ3v) is 2.04. The summed E-state index contributed by atoms with van der Waals surface area (Å²) in [5, 5.41) is 0. The number of unbranched alkanes of at least 4 members (excludes halogenated alkanes) is 1. The molecule has 12 heavy (non-hydrogen) atoms. The molecule has 0 aliphatic carbocycles. The minimum Gasteiger partial charge on any atom is -0.341 e. The predicted octanol–water partition coefficient (Wildman–Crippen LogP) is 2.44. The van der Waals surface area contributed by atoms with E-state index in [2.05, 4.69) is 6.92 Å². The van der Waals surface area contributed by atoms with E-state index >= 15 is 0 Å². The van der Waals surface area contributed by atoms with E-state index in [4.69, 9.17) is 23.2 Å². The molecule has 0 saturated heterocycles. The smallest absolute Gasteiger partial charge is 0.255 e. The Balaban J connectivity index is 3.88. The minimum atomic E-state index is -0.915. The van der Waals surface area contributed by atoms with Gasteiger partial charge in [-0.3, -0.25) is 4.79 Å². The molecule has 0 aromatic heterocycles. The zero-order chi connectivity index (χ0) is 9.56. The fourth-order valence-electron chi connectivity index (χ4n) is 0.911. The van der Waals surface area contributed by atoms with Crippen LogP contribution in [-0.2, 0) is 4.79 Å². The van der Waals surface area contributed by atoms with E-state index in [-0.39, 0.29) is 5.91 Å². The van der Waals surface area contributed by atoms with Gasteiger partial charge in [-0.25, -0.2) is 0 Å². The summed E-state index contributed by atoms with van der Waals surface area (Å²) in [5.74, 6) is -0.186. The second kappa shape index (κ2) is 6.55. The summed E-state index contributed by atoms with van der Waals surface area (Å²) in [6, 6.07) is 0. The highest BCUT2D eigenvalue weighted by atomic mass is 35.5. The van der Waals surface area contributed by atoms with Gasteiger partial charge in [-0.05, 0) is 13.3 Å². The molecule has 0 N–H and O–H groups in total. The van der Waals surface area contributed by atoms with Crippen LogP contribution in [0.5, 0.6) is 0 Å². The van der Waals surface area contributed by atoms with Crippen LogP contribution in [0.2, 0.25) is 0 Å². The molecule has 0 spiro atoms. The molecule has 0 bridgehead atoms. The lowest BCUT2D eigenvalue weighted by Gasteiger charge is -2.20. The van der Waals surface area contributed by atoms with E-state index in [0.29, 0.717) is 6.54 Å². The Kier molecular flexibility index (Phi) is 6.58. The van der Waals surface area contributed by atoms with Gasteiger partial charge in [0.2, 0.25) is 0 Å². The van der Waals surface area contributed by atoms with Gasteiger partial charge in [0.05, 0.1) is 0 Å². The largest absolute Gasteiger partial charge is 0.341 e. The lowest BCUT2D eigenvalue weighted by atomic mass is 10.3. The number of halogens is 2. The summed E-state index contributed by atoms with van der Waals surface area (Å²) in [6.45, 7) is 5.43. The Labute approximate surface area is 83.8 Å². The van der Waals surface area contributed by atoms with Crippen molar-refractivity contribution in [1.82, 2.24) is 4.90 Å². The fraction of sp³-hybridized carbons (Fsp3) is 0.875. The molecule has 0 aromatic carbocycles. The van der Waals surface area contributed by atoms with Gasteiger partial charge in [0, 0.05) is 13.1 Å². The highest BCUT2D eigenvalue weighted by Crippen LogP contribution is 2.07. The van der Waals surface area contributed by atoms with Crippen molar-refractivity contribution >= 4 is 29.1 Å². The van der Waals surface area contributed by atoms with Crippen molar-refractivity contribution in [2.45, 2.75) is 31.5 Å². The quantitative estimate of drug-likeness (QED) is 0.641. The summed E-state index contributed by atoms with van der Waals surface area (Å²) in [5.41, 5.74) is 0. The van der Waals surface area contributed by atoms with Crippen LogP contribution in [0.4, 0.5) is 0 Å².